The number of amides is 1. The quantitative estimate of drug-likeness (QED) is 0.828. The zero-order chi connectivity index (χ0) is 16.7. The summed E-state index contributed by atoms with van der Waals surface area (Å²) >= 11 is 1.69. The molecule has 0 aliphatic carbocycles. The highest BCUT2D eigenvalue weighted by Crippen LogP contribution is 2.15. The Morgan fingerprint density at radius 2 is 1.87 bits per heavy atom. The first-order valence-corrected chi connectivity index (χ1v) is 9.55. The van der Waals surface area contributed by atoms with Crippen molar-refractivity contribution in [1.29, 1.82) is 0 Å². The highest BCUT2D eigenvalue weighted by Gasteiger charge is 2.24. The highest BCUT2D eigenvalue weighted by atomic mass is 32.2. The molecule has 0 bridgehead atoms. The Balaban J connectivity index is 1.69. The van der Waals surface area contributed by atoms with E-state index in [4.69, 9.17) is 0 Å². The summed E-state index contributed by atoms with van der Waals surface area (Å²) in [4.78, 5) is 16.6. The van der Waals surface area contributed by atoms with Gasteiger partial charge in [-0.1, -0.05) is 36.8 Å². The SMILES string of the molecule is CCC(CO)N1CCN(C(=O)CSCc2ccc(C)cc2)CC1. The fraction of sp³-hybridized carbons (Fsp3) is 0.611. The van der Waals surface area contributed by atoms with Crippen molar-refractivity contribution in [3.8, 4) is 0 Å². The first-order chi connectivity index (χ1) is 11.1. The lowest BCUT2D eigenvalue weighted by molar-refractivity contribution is -0.130. The molecule has 1 aliphatic rings. The molecule has 0 spiro atoms. The minimum Gasteiger partial charge on any atom is -0.395 e. The van der Waals surface area contributed by atoms with Gasteiger partial charge in [-0.05, 0) is 18.9 Å². The molecule has 1 atom stereocenters. The summed E-state index contributed by atoms with van der Waals surface area (Å²) in [5, 5.41) is 9.37. The molecule has 1 aromatic rings. The fourth-order valence-corrected chi connectivity index (χ4v) is 3.76. The Morgan fingerprint density at radius 3 is 2.43 bits per heavy atom. The molecule has 1 aromatic carbocycles. The Labute approximate surface area is 143 Å². The maximum atomic E-state index is 12.3. The van der Waals surface area contributed by atoms with Crippen LogP contribution in [0.2, 0.25) is 0 Å². The molecule has 2 rings (SSSR count). The second kappa shape index (κ2) is 9.30. The van der Waals surface area contributed by atoms with E-state index < -0.39 is 0 Å². The zero-order valence-electron chi connectivity index (χ0n) is 14.2. The predicted octanol–water partition coefficient (Wildman–Crippen LogP) is 2.14. The number of aliphatic hydroxyl groups is 1. The van der Waals surface area contributed by atoms with E-state index in [0.717, 1.165) is 38.4 Å². The fourth-order valence-electron chi connectivity index (χ4n) is 2.87. The van der Waals surface area contributed by atoms with Crippen molar-refractivity contribution in [3.63, 3.8) is 0 Å². The summed E-state index contributed by atoms with van der Waals surface area (Å²) in [5.74, 6) is 1.67. The summed E-state index contributed by atoms with van der Waals surface area (Å²) in [5.41, 5.74) is 2.54. The van der Waals surface area contributed by atoms with Gasteiger partial charge in [0.25, 0.3) is 0 Å². The third-order valence-corrected chi connectivity index (χ3v) is 5.47. The van der Waals surface area contributed by atoms with Crippen LogP contribution in [0.1, 0.15) is 24.5 Å². The number of hydrogen-bond donors (Lipinski definition) is 1. The van der Waals surface area contributed by atoms with E-state index in [1.165, 1.54) is 11.1 Å². The average Bonchev–Trinajstić information content (AvgIpc) is 2.58. The van der Waals surface area contributed by atoms with E-state index in [2.05, 4.69) is 43.0 Å². The standard InChI is InChI=1S/C18H28N2O2S/c1-3-17(12-21)19-8-10-20(11-9-19)18(22)14-23-13-16-6-4-15(2)5-7-16/h4-7,17,21H,3,8-14H2,1-2H3. The molecule has 1 amide bonds. The molecule has 1 N–H and O–H groups in total. The van der Waals surface area contributed by atoms with Crippen LogP contribution in [0.25, 0.3) is 0 Å². The van der Waals surface area contributed by atoms with E-state index in [1.54, 1.807) is 11.8 Å². The number of piperazine rings is 1. The van der Waals surface area contributed by atoms with Crippen LogP contribution in [0.5, 0.6) is 0 Å². The Hall–Kier alpha value is -1.04. The molecule has 1 unspecified atom stereocenters. The van der Waals surface area contributed by atoms with Crippen LogP contribution in [0.15, 0.2) is 24.3 Å². The molecule has 0 saturated carbocycles. The summed E-state index contributed by atoms with van der Waals surface area (Å²) in [6.07, 6.45) is 0.955. The van der Waals surface area contributed by atoms with E-state index >= 15 is 0 Å². The van der Waals surface area contributed by atoms with Crippen molar-refractivity contribution in [2.75, 3.05) is 38.5 Å². The van der Waals surface area contributed by atoms with Crippen molar-refractivity contribution >= 4 is 17.7 Å². The van der Waals surface area contributed by atoms with Crippen LogP contribution < -0.4 is 0 Å². The Bertz CT molecular complexity index is 480. The summed E-state index contributed by atoms with van der Waals surface area (Å²) in [6, 6.07) is 8.73. The number of carbonyl (C=O) groups excluding carboxylic acids is 1. The van der Waals surface area contributed by atoms with Crippen LogP contribution >= 0.6 is 11.8 Å². The summed E-state index contributed by atoms with van der Waals surface area (Å²) in [6.45, 7) is 7.68. The lowest BCUT2D eigenvalue weighted by atomic mass is 10.1. The van der Waals surface area contributed by atoms with Crippen molar-refractivity contribution in [2.45, 2.75) is 32.1 Å². The lowest BCUT2D eigenvalue weighted by Gasteiger charge is -2.38. The van der Waals surface area contributed by atoms with Gasteiger partial charge in [0.1, 0.15) is 0 Å². The molecule has 4 nitrogen and oxygen atoms in total. The van der Waals surface area contributed by atoms with Gasteiger partial charge in [0.2, 0.25) is 5.91 Å². The van der Waals surface area contributed by atoms with Gasteiger partial charge in [-0.15, -0.1) is 11.8 Å². The Kier molecular flexibility index (Phi) is 7.40. The van der Waals surface area contributed by atoms with Crippen LogP contribution in [-0.2, 0) is 10.5 Å². The third-order valence-electron chi connectivity index (χ3n) is 4.48. The minimum atomic E-state index is 0.205. The molecule has 128 valence electrons. The monoisotopic (exact) mass is 336 g/mol. The number of thioether (sulfide) groups is 1. The first-order valence-electron chi connectivity index (χ1n) is 8.40. The second-order valence-corrected chi connectivity index (χ2v) is 7.13. The molecule has 5 heteroatoms. The molecular formula is C18H28N2O2S. The number of rotatable bonds is 7. The summed E-state index contributed by atoms with van der Waals surface area (Å²) < 4.78 is 0. The maximum absolute atomic E-state index is 12.3. The molecule has 1 heterocycles. The predicted molar refractivity (Wildman–Crippen MR) is 96.7 cm³/mol. The molecular weight excluding hydrogens is 308 g/mol. The van der Waals surface area contributed by atoms with Crippen molar-refractivity contribution in [3.05, 3.63) is 35.4 Å². The van der Waals surface area contributed by atoms with E-state index in [1.807, 2.05) is 4.90 Å². The van der Waals surface area contributed by atoms with Gasteiger partial charge in [0.15, 0.2) is 0 Å². The molecule has 1 fully saturated rings. The third kappa shape index (κ3) is 5.52. The van der Waals surface area contributed by atoms with Crippen LogP contribution in [-0.4, -0.2) is 65.4 Å². The van der Waals surface area contributed by atoms with Crippen LogP contribution in [0, 0.1) is 6.92 Å². The van der Waals surface area contributed by atoms with Gasteiger partial charge in [0, 0.05) is 38.0 Å². The normalized spacial score (nSPS) is 17.3. The van der Waals surface area contributed by atoms with Crippen LogP contribution in [0.4, 0.5) is 0 Å². The smallest absolute Gasteiger partial charge is 0.232 e. The number of carbonyl (C=O) groups is 1. The number of nitrogens with zero attached hydrogens (tertiary/aromatic N) is 2. The number of aliphatic hydroxyl groups excluding tert-OH is 1. The van der Waals surface area contributed by atoms with Gasteiger partial charge in [-0.3, -0.25) is 9.69 Å². The second-order valence-electron chi connectivity index (χ2n) is 6.14. The number of aryl methyl sites for hydroxylation is 1. The average molecular weight is 337 g/mol. The maximum Gasteiger partial charge on any atom is 0.232 e. The van der Waals surface area contributed by atoms with E-state index in [9.17, 15) is 9.90 Å². The Morgan fingerprint density at radius 1 is 1.22 bits per heavy atom. The number of hydrogen-bond acceptors (Lipinski definition) is 4. The lowest BCUT2D eigenvalue weighted by Crippen LogP contribution is -2.53. The van der Waals surface area contributed by atoms with E-state index in [0.29, 0.717) is 5.75 Å². The summed E-state index contributed by atoms with van der Waals surface area (Å²) in [7, 11) is 0. The zero-order valence-corrected chi connectivity index (χ0v) is 15.0. The number of benzene rings is 1. The van der Waals surface area contributed by atoms with Crippen LogP contribution in [0.3, 0.4) is 0 Å². The van der Waals surface area contributed by atoms with Gasteiger partial charge in [-0.25, -0.2) is 0 Å². The van der Waals surface area contributed by atoms with Crippen molar-refractivity contribution < 1.29 is 9.90 Å². The van der Waals surface area contributed by atoms with Crippen molar-refractivity contribution in [2.24, 2.45) is 0 Å². The molecule has 23 heavy (non-hydrogen) atoms. The van der Waals surface area contributed by atoms with Gasteiger partial charge >= 0.3 is 0 Å². The van der Waals surface area contributed by atoms with Gasteiger partial charge in [0.05, 0.1) is 12.4 Å². The van der Waals surface area contributed by atoms with Gasteiger partial charge < -0.3 is 10.0 Å². The topological polar surface area (TPSA) is 43.8 Å². The van der Waals surface area contributed by atoms with Crippen molar-refractivity contribution in [1.82, 2.24) is 9.80 Å². The molecule has 0 aromatic heterocycles. The largest absolute Gasteiger partial charge is 0.395 e. The molecule has 0 radical (unpaired) electrons. The molecule has 1 saturated heterocycles. The highest BCUT2D eigenvalue weighted by molar-refractivity contribution is 7.99. The van der Waals surface area contributed by atoms with E-state index in [-0.39, 0.29) is 18.6 Å². The first kappa shape index (κ1) is 18.3. The molecule has 1 aliphatic heterocycles. The minimum absolute atomic E-state index is 0.205. The van der Waals surface area contributed by atoms with Gasteiger partial charge in [-0.2, -0.15) is 0 Å².